The van der Waals surface area contributed by atoms with Gasteiger partial charge in [0, 0.05) is 18.5 Å². The second-order valence-electron chi connectivity index (χ2n) is 8.10. The van der Waals surface area contributed by atoms with Gasteiger partial charge >= 0.3 is 0 Å². The molecule has 148 valence electrons. The van der Waals surface area contributed by atoms with E-state index in [-0.39, 0.29) is 5.41 Å². The zero-order valence-electron chi connectivity index (χ0n) is 17.7. The SMILES string of the molecule is CCNCC(CCCN(C)CCc1ccccc1)(c1ccccc1)C(C)C. The van der Waals surface area contributed by atoms with Gasteiger partial charge in [0.1, 0.15) is 0 Å². The lowest BCUT2D eigenvalue weighted by molar-refractivity contribution is 0.243. The zero-order valence-corrected chi connectivity index (χ0v) is 17.7. The van der Waals surface area contributed by atoms with E-state index in [1.54, 1.807) is 0 Å². The van der Waals surface area contributed by atoms with Gasteiger partial charge in [-0.15, -0.1) is 0 Å². The molecule has 1 atom stereocenters. The molecule has 0 spiro atoms. The predicted octanol–water partition coefficient (Wildman–Crippen LogP) is 5.14. The van der Waals surface area contributed by atoms with Gasteiger partial charge in [-0.1, -0.05) is 81.4 Å². The average molecular weight is 367 g/mol. The first-order valence-electron chi connectivity index (χ1n) is 10.6. The van der Waals surface area contributed by atoms with Crippen molar-refractivity contribution in [3.63, 3.8) is 0 Å². The van der Waals surface area contributed by atoms with Crippen LogP contribution in [0.15, 0.2) is 60.7 Å². The second-order valence-corrected chi connectivity index (χ2v) is 8.10. The Balaban J connectivity index is 1.94. The molecule has 0 heterocycles. The van der Waals surface area contributed by atoms with Crippen LogP contribution in [-0.2, 0) is 11.8 Å². The molecule has 0 saturated carbocycles. The Morgan fingerprint density at radius 2 is 1.56 bits per heavy atom. The third kappa shape index (κ3) is 6.48. The Hall–Kier alpha value is -1.64. The fourth-order valence-corrected chi connectivity index (χ4v) is 4.02. The molecule has 2 heteroatoms. The summed E-state index contributed by atoms with van der Waals surface area (Å²) in [4.78, 5) is 2.48. The summed E-state index contributed by atoms with van der Waals surface area (Å²) in [6.07, 6.45) is 3.57. The Labute approximate surface area is 167 Å². The second kappa shape index (κ2) is 11.3. The van der Waals surface area contributed by atoms with Crippen molar-refractivity contribution in [2.75, 3.05) is 33.2 Å². The molecular formula is C25H38N2. The molecule has 2 rings (SSSR count). The van der Waals surface area contributed by atoms with Crippen LogP contribution in [0.25, 0.3) is 0 Å². The van der Waals surface area contributed by atoms with Crippen molar-refractivity contribution in [1.29, 1.82) is 0 Å². The highest BCUT2D eigenvalue weighted by Crippen LogP contribution is 2.36. The molecule has 2 nitrogen and oxygen atoms in total. The van der Waals surface area contributed by atoms with Crippen molar-refractivity contribution in [3.8, 4) is 0 Å². The molecule has 0 amide bonds. The first-order valence-corrected chi connectivity index (χ1v) is 10.6. The summed E-state index contributed by atoms with van der Waals surface area (Å²) in [6.45, 7) is 11.3. The van der Waals surface area contributed by atoms with Crippen LogP contribution >= 0.6 is 0 Å². The maximum Gasteiger partial charge on any atom is 0.0101 e. The first kappa shape index (κ1) is 21.7. The minimum Gasteiger partial charge on any atom is -0.316 e. The number of benzene rings is 2. The van der Waals surface area contributed by atoms with Gasteiger partial charge in [0.25, 0.3) is 0 Å². The molecular weight excluding hydrogens is 328 g/mol. The summed E-state index contributed by atoms with van der Waals surface area (Å²) in [5, 5.41) is 3.64. The van der Waals surface area contributed by atoms with Crippen molar-refractivity contribution in [3.05, 3.63) is 71.8 Å². The van der Waals surface area contributed by atoms with Gasteiger partial charge in [0.15, 0.2) is 0 Å². The maximum atomic E-state index is 3.64. The highest BCUT2D eigenvalue weighted by Gasteiger charge is 2.34. The van der Waals surface area contributed by atoms with E-state index >= 15 is 0 Å². The summed E-state index contributed by atoms with van der Waals surface area (Å²) in [5.41, 5.74) is 3.11. The first-order chi connectivity index (χ1) is 13.1. The number of hydrogen-bond donors (Lipinski definition) is 1. The molecule has 1 N–H and O–H groups in total. The third-order valence-corrected chi connectivity index (χ3v) is 5.93. The standard InChI is InChI=1S/C25H38N2/c1-5-26-21-25(22(2)3,24-15-10-7-11-16-24)18-12-19-27(4)20-17-23-13-8-6-9-14-23/h6-11,13-16,22,26H,5,12,17-21H2,1-4H3. The van der Waals surface area contributed by atoms with Gasteiger partial charge in [0.05, 0.1) is 0 Å². The number of hydrogen-bond acceptors (Lipinski definition) is 2. The normalized spacial score (nSPS) is 13.9. The number of nitrogens with zero attached hydrogens (tertiary/aromatic N) is 1. The van der Waals surface area contributed by atoms with E-state index in [0.29, 0.717) is 5.92 Å². The van der Waals surface area contributed by atoms with Gasteiger partial charge in [-0.3, -0.25) is 0 Å². The molecule has 0 aromatic heterocycles. The van der Waals surface area contributed by atoms with Crippen LogP contribution in [0.2, 0.25) is 0 Å². The van der Waals surface area contributed by atoms with Crippen LogP contribution in [0.3, 0.4) is 0 Å². The monoisotopic (exact) mass is 366 g/mol. The molecule has 0 radical (unpaired) electrons. The van der Waals surface area contributed by atoms with E-state index in [9.17, 15) is 0 Å². The highest BCUT2D eigenvalue weighted by molar-refractivity contribution is 5.27. The van der Waals surface area contributed by atoms with E-state index in [2.05, 4.69) is 98.7 Å². The Morgan fingerprint density at radius 3 is 2.15 bits per heavy atom. The van der Waals surface area contributed by atoms with Crippen LogP contribution in [-0.4, -0.2) is 38.1 Å². The molecule has 0 aliphatic carbocycles. The van der Waals surface area contributed by atoms with Crippen LogP contribution in [0, 0.1) is 5.92 Å². The van der Waals surface area contributed by atoms with Crippen molar-refractivity contribution >= 4 is 0 Å². The Morgan fingerprint density at radius 1 is 0.926 bits per heavy atom. The van der Waals surface area contributed by atoms with Gasteiger partial charge in [-0.05, 0) is 56.4 Å². The van der Waals surface area contributed by atoms with Crippen molar-refractivity contribution in [2.24, 2.45) is 5.92 Å². The average Bonchev–Trinajstić information content (AvgIpc) is 2.70. The van der Waals surface area contributed by atoms with Crippen LogP contribution in [0.5, 0.6) is 0 Å². The largest absolute Gasteiger partial charge is 0.316 e. The van der Waals surface area contributed by atoms with Gasteiger partial charge < -0.3 is 10.2 Å². The molecule has 1 unspecified atom stereocenters. The smallest absolute Gasteiger partial charge is 0.0101 e. The van der Waals surface area contributed by atoms with Crippen molar-refractivity contribution in [2.45, 2.75) is 45.4 Å². The molecule has 0 fully saturated rings. The number of rotatable bonds is 12. The molecule has 0 aliphatic heterocycles. The minimum atomic E-state index is 0.206. The summed E-state index contributed by atoms with van der Waals surface area (Å²) >= 11 is 0. The van der Waals surface area contributed by atoms with Crippen LogP contribution in [0.4, 0.5) is 0 Å². The molecule has 0 aliphatic rings. The van der Waals surface area contributed by atoms with E-state index < -0.39 is 0 Å². The van der Waals surface area contributed by atoms with E-state index in [1.165, 1.54) is 24.0 Å². The van der Waals surface area contributed by atoms with Gasteiger partial charge in [-0.2, -0.15) is 0 Å². The summed E-state index contributed by atoms with van der Waals surface area (Å²) < 4.78 is 0. The highest BCUT2D eigenvalue weighted by atomic mass is 15.1. The van der Waals surface area contributed by atoms with E-state index in [1.807, 2.05) is 0 Å². The lowest BCUT2D eigenvalue weighted by Gasteiger charge is -2.39. The molecule has 27 heavy (non-hydrogen) atoms. The zero-order chi connectivity index (χ0) is 19.5. The molecule has 0 bridgehead atoms. The lowest BCUT2D eigenvalue weighted by Crippen LogP contribution is -2.43. The number of likely N-dealkylation sites (N-methyl/N-ethyl adjacent to an activating group) is 2. The fraction of sp³-hybridized carbons (Fsp3) is 0.520. The van der Waals surface area contributed by atoms with Crippen molar-refractivity contribution < 1.29 is 0 Å². The quantitative estimate of drug-likeness (QED) is 0.559. The molecule has 2 aromatic carbocycles. The van der Waals surface area contributed by atoms with Crippen LogP contribution in [0.1, 0.15) is 44.7 Å². The fourth-order valence-electron chi connectivity index (χ4n) is 4.02. The third-order valence-electron chi connectivity index (χ3n) is 5.93. The predicted molar refractivity (Wildman–Crippen MR) is 118 cm³/mol. The van der Waals surface area contributed by atoms with Gasteiger partial charge in [-0.25, -0.2) is 0 Å². The summed E-state index contributed by atoms with van der Waals surface area (Å²) in [6, 6.07) is 21.9. The summed E-state index contributed by atoms with van der Waals surface area (Å²) in [7, 11) is 2.26. The maximum absolute atomic E-state index is 3.64. The minimum absolute atomic E-state index is 0.206. The van der Waals surface area contributed by atoms with Gasteiger partial charge in [0.2, 0.25) is 0 Å². The number of nitrogens with one attached hydrogen (secondary N) is 1. The van der Waals surface area contributed by atoms with Crippen molar-refractivity contribution in [1.82, 2.24) is 10.2 Å². The molecule has 0 saturated heterocycles. The van der Waals surface area contributed by atoms with Crippen LogP contribution < -0.4 is 5.32 Å². The van der Waals surface area contributed by atoms with E-state index in [4.69, 9.17) is 0 Å². The Kier molecular flexibility index (Phi) is 9.03. The Bertz CT molecular complexity index is 623. The topological polar surface area (TPSA) is 15.3 Å². The summed E-state index contributed by atoms with van der Waals surface area (Å²) in [5.74, 6) is 0.605. The van der Waals surface area contributed by atoms with E-state index in [0.717, 1.165) is 32.6 Å². The molecule has 2 aromatic rings. The lowest BCUT2D eigenvalue weighted by atomic mass is 9.68.